The maximum Gasteiger partial charge on any atom is 0.334 e. The van der Waals surface area contributed by atoms with Gasteiger partial charge in [-0.15, -0.1) is 0 Å². The van der Waals surface area contributed by atoms with Gasteiger partial charge < -0.3 is 9.84 Å². The van der Waals surface area contributed by atoms with Gasteiger partial charge in [0, 0.05) is 4.83 Å². The molecule has 0 aliphatic carbocycles. The molecule has 0 fully saturated rings. The highest BCUT2D eigenvalue weighted by Gasteiger charge is 2.10. The first-order valence-corrected chi connectivity index (χ1v) is 3.94. The van der Waals surface area contributed by atoms with E-state index in [1.54, 1.807) is 0 Å². The topological polar surface area (TPSA) is 46.5 Å². The van der Waals surface area contributed by atoms with E-state index in [9.17, 15) is 4.79 Å². The number of alkyl halides is 1. The molecule has 0 saturated heterocycles. The number of aliphatic hydroxyl groups is 1. The lowest BCUT2D eigenvalue weighted by atomic mass is 10.4. The molecule has 3 nitrogen and oxygen atoms in total. The average Bonchev–Trinajstić information content (AvgIpc) is 1.82. The van der Waals surface area contributed by atoms with E-state index in [1.807, 2.05) is 6.92 Å². The van der Waals surface area contributed by atoms with Gasteiger partial charge in [-0.1, -0.05) is 15.9 Å². The van der Waals surface area contributed by atoms with Crippen LogP contribution in [0, 0.1) is 0 Å². The molecule has 0 heterocycles. The van der Waals surface area contributed by atoms with Gasteiger partial charge in [0.15, 0.2) is 0 Å². The van der Waals surface area contributed by atoms with Crippen LogP contribution in [0.3, 0.4) is 0 Å². The van der Waals surface area contributed by atoms with Crippen molar-refractivity contribution in [1.82, 2.24) is 0 Å². The third kappa shape index (κ3) is 4.76. The maximum absolute atomic E-state index is 10.6. The van der Waals surface area contributed by atoms with Crippen molar-refractivity contribution in [2.75, 3.05) is 6.61 Å². The van der Waals surface area contributed by atoms with Gasteiger partial charge in [-0.3, -0.25) is 0 Å². The fourth-order valence-electron chi connectivity index (χ4n) is 0.318. The van der Waals surface area contributed by atoms with Gasteiger partial charge in [0.25, 0.3) is 0 Å². The fraction of sp³-hybridized carbons (Fsp3) is 0.833. The summed E-state index contributed by atoms with van der Waals surface area (Å²) in [6, 6.07) is 0. The van der Waals surface area contributed by atoms with Crippen LogP contribution in [0.5, 0.6) is 0 Å². The molecule has 0 aliphatic heterocycles. The van der Waals surface area contributed by atoms with Crippen LogP contribution in [0.15, 0.2) is 0 Å². The molecule has 0 aliphatic rings. The maximum atomic E-state index is 10.6. The van der Waals surface area contributed by atoms with Crippen LogP contribution < -0.4 is 0 Å². The Morgan fingerprint density at radius 2 is 2.20 bits per heavy atom. The minimum Gasteiger partial charge on any atom is -0.463 e. The molecule has 2 unspecified atom stereocenters. The van der Waals surface area contributed by atoms with E-state index in [2.05, 4.69) is 20.7 Å². The Bertz CT molecular complexity index is 112. The van der Waals surface area contributed by atoms with Crippen LogP contribution in [-0.4, -0.2) is 28.6 Å². The molecule has 0 aromatic rings. The van der Waals surface area contributed by atoms with Crippen molar-refractivity contribution in [3.8, 4) is 0 Å². The Balaban J connectivity index is 3.40. The Hall–Kier alpha value is -0.0900. The van der Waals surface area contributed by atoms with Crippen LogP contribution in [0.25, 0.3) is 0 Å². The third-order valence-electron chi connectivity index (χ3n) is 0.796. The van der Waals surface area contributed by atoms with Crippen molar-refractivity contribution in [1.29, 1.82) is 0 Å². The monoisotopic (exact) mass is 210 g/mol. The van der Waals surface area contributed by atoms with Crippen molar-refractivity contribution in [3.05, 3.63) is 0 Å². The standard InChI is InChI=1S/C6H11BrO3/c1-4(7)3-10-6(9)5(2)8/h4-5,8H,3H2,1-2H3. The summed E-state index contributed by atoms with van der Waals surface area (Å²) in [6.45, 7) is 3.53. The van der Waals surface area contributed by atoms with E-state index in [-0.39, 0.29) is 4.83 Å². The lowest BCUT2D eigenvalue weighted by Crippen LogP contribution is -2.21. The molecule has 2 atom stereocenters. The van der Waals surface area contributed by atoms with Crippen molar-refractivity contribution < 1.29 is 14.6 Å². The molecule has 0 bridgehead atoms. The molecule has 0 saturated carbocycles. The number of carbonyl (C=O) groups excluding carboxylic acids is 1. The van der Waals surface area contributed by atoms with E-state index < -0.39 is 12.1 Å². The third-order valence-corrected chi connectivity index (χ3v) is 1.06. The van der Waals surface area contributed by atoms with E-state index >= 15 is 0 Å². The smallest absolute Gasteiger partial charge is 0.334 e. The largest absolute Gasteiger partial charge is 0.463 e. The number of hydrogen-bond donors (Lipinski definition) is 1. The molecule has 0 amide bonds. The minimum atomic E-state index is -1.02. The van der Waals surface area contributed by atoms with Crippen LogP contribution in [0.1, 0.15) is 13.8 Å². The summed E-state index contributed by atoms with van der Waals surface area (Å²) in [5, 5.41) is 8.64. The summed E-state index contributed by atoms with van der Waals surface area (Å²) >= 11 is 3.19. The molecule has 1 N–H and O–H groups in total. The summed E-state index contributed by atoms with van der Waals surface area (Å²) in [4.78, 5) is 10.7. The lowest BCUT2D eigenvalue weighted by molar-refractivity contribution is -0.152. The molecule has 0 rings (SSSR count). The zero-order valence-electron chi connectivity index (χ0n) is 6.00. The van der Waals surface area contributed by atoms with Gasteiger partial charge in [0.05, 0.1) is 0 Å². The van der Waals surface area contributed by atoms with Gasteiger partial charge >= 0.3 is 5.97 Å². The van der Waals surface area contributed by atoms with Gasteiger partial charge in [-0.2, -0.15) is 0 Å². The van der Waals surface area contributed by atoms with Gasteiger partial charge in [0.1, 0.15) is 12.7 Å². The normalized spacial score (nSPS) is 16.0. The number of esters is 1. The zero-order valence-corrected chi connectivity index (χ0v) is 7.59. The number of aliphatic hydroxyl groups excluding tert-OH is 1. The lowest BCUT2D eigenvalue weighted by Gasteiger charge is -2.06. The first kappa shape index (κ1) is 9.91. The summed E-state index contributed by atoms with van der Waals surface area (Å²) in [6.07, 6.45) is -1.02. The number of carbonyl (C=O) groups is 1. The molecule has 0 aromatic carbocycles. The summed E-state index contributed by atoms with van der Waals surface area (Å²) < 4.78 is 4.63. The Labute approximate surface area is 68.5 Å². The number of ether oxygens (including phenoxy) is 1. The number of halogens is 1. The second-order valence-electron chi connectivity index (χ2n) is 2.09. The molecule has 0 spiro atoms. The van der Waals surface area contributed by atoms with Crippen molar-refractivity contribution in [3.63, 3.8) is 0 Å². The van der Waals surface area contributed by atoms with Gasteiger partial charge in [-0.25, -0.2) is 4.79 Å². The predicted molar refractivity (Wildman–Crippen MR) is 41.0 cm³/mol. The highest BCUT2D eigenvalue weighted by atomic mass is 79.9. The highest BCUT2D eigenvalue weighted by molar-refractivity contribution is 9.09. The van der Waals surface area contributed by atoms with E-state index in [4.69, 9.17) is 5.11 Å². The zero-order chi connectivity index (χ0) is 8.15. The molecular weight excluding hydrogens is 200 g/mol. The van der Waals surface area contributed by atoms with E-state index in [1.165, 1.54) is 6.92 Å². The van der Waals surface area contributed by atoms with E-state index in [0.717, 1.165) is 0 Å². The first-order chi connectivity index (χ1) is 4.54. The van der Waals surface area contributed by atoms with Crippen molar-refractivity contribution in [2.45, 2.75) is 24.8 Å². The number of rotatable bonds is 3. The van der Waals surface area contributed by atoms with Crippen molar-refractivity contribution in [2.24, 2.45) is 0 Å². The minimum absolute atomic E-state index is 0.134. The highest BCUT2D eigenvalue weighted by Crippen LogP contribution is 1.98. The molecule has 0 aromatic heterocycles. The molecule has 60 valence electrons. The van der Waals surface area contributed by atoms with Crippen LogP contribution >= 0.6 is 15.9 Å². The van der Waals surface area contributed by atoms with Gasteiger partial charge in [0.2, 0.25) is 0 Å². The first-order valence-electron chi connectivity index (χ1n) is 3.02. The molecular formula is C6H11BrO3. The molecule has 4 heteroatoms. The van der Waals surface area contributed by atoms with E-state index in [0.29, 0.717) is 6.61 Å². The van der Waals surface area contributed by atoms with Crippen LogP contribution in [0.4, 0.5) is 0 Å². The Morgan fingerprint density at radius 1 is 1.70 bits per heavy atom. The molecule has 10 heavy (non-hydrogen) atoms. The van der Waals surface area contributed by atoms with Gasteiger partial charge in [-0.05, 0) is 13.8 Å². The van der Waals surface area contributed by atoms with Crippen LogP contribution in [0.2, 0.25) is 0 Å². The quantitative estimate of drug-likeness (QED) is 0.551. The fourth-order valence-corrected chi connectivity index (χ4v) is 0.450. The second kappa shape index (κ2) is 4.68. The SMILES string of the molecule is CC(Br)COC(=O)C(C)O. The summed E-state index contributed by atoms with van der Waals surface area (Å²) in [7, 11) is 0. The second-order valence-corrected chi connectivity index (χ2v) is 3.65. The number of hydrogen-bond acceptors (Lipinski definition) is 3. The van der Waals surface area contributed by atoms with Crippen LogP contribution in [-0.2, 0) is 9.53 Å². The summed E-state index contributed by atoms with van der Waals surface area (Å²) in [5.41, 5.74) is 0. The Kier molecular flexibility index (Phi) is 4.64. The van der Waals surface area contributed by atoms with Crippen molar-refractivity contribution >= 4 is 21.9 Å². The predicted octanol–water partition coefficient (Wildman–Crippen LogP) is 0.694. The molecule has 0 radical (unpaired) electrons. The Morgan fingerprint density at radius 3 is 2.50 bits per heavy atom. The summed E-state index contributed by atoms with van der Waals surface area (Å²) in [5.74, 6) is -0.577. The average molecular weight is 211 g/mol.